The third kappa shape index (κ3) is 3.84. The van der Waals surface area contributed by atoms with Crippen LogP contribution < -0.4 is 15.8 Å². The molecule has 5 heteroatoms. The number of anilines is 3. The molecule has 0 saturated heterocycles. The second kappa shape index (κ2) is 6.43. The normalized spacial score (nSPS) is 10.7. The minimum atomic E-state index is 0.167. The smallest absolute Gasteiger partial charge is 0.139 e. The summed E-state index contributed by atoms with van der Waals surface area (Å²) in [6, 6.07) is 7.79. The summed E-state index contributed by atoms with van der Waals surface area (Å²) in [6.45, 7) is 7.93. The van der Waals surface area contributed by atoms with Crippen LogP contribution in [0.1, 0.15) is 32.2 Å². The van der Waals surface area contributed by atoms with Crippen molar-refractivity contribution in [1.82, 2.24) is 9.97 Å². The third-order valence-electron chi connectivity index (χ3n) is 3.03. The Morgan fingerprint density at radius 3 is 2.43 bits per heavy atom. The van der Waals surface area contributed by atoms with Gasteiger partial charge in [-0.2, -0.15) is 0 Å². The predicted octanol–water partition coefficient (Wildman–Crippen LogP) is 3.46. The Morgan fingerprint density at radius 2 is 1.86 bits per heavy atom. The van der Waals surface area contributed by atoms with Gasteiger partial charge in [0.1, 0.15) is 23.2 Å². The Labute approximate surface area is 125 Å². The van der Waals surface area contributed by atoms with E-state index in [1.807, 2.05) is 52.0 Å². The summed E-state index contributed by atoms with van der Waals surface area (Å²) in [5.74, 6) is 2.85. The van der Waals surface area contributed by atoms with Gasteiger partial charge in [-0.3, -0.25) is 0 Å². The average Bonchev–Trinajstić information content (AvgIpc) is 2.45. The number of aromatic nitrogens is 2. The average molecular weight is 286 g/mol. The highest BCUT2D eigenvalue weighted by Crippen LogP contribution is 2.24. The lowest BCUT2D eigenvalue weighted by Gasteiger charge is -2.13. The summed E-state index contributed by atoms with van der Waals surface area (Å²) in [4.78, 5) is 8.73. The van der Waals surface area contributed by atoms with Gasteiger partial charge in [-0.25, -0.2) is 9.97 Å². The van der Waals surface area contributed by atoms with Gasteiger partial charge in [0.2, 0.25) is 0 Å². The van der Waals surface area contributed by atoms with Crippen LogP contribution in [0.4, 0.5) is 17.3 Å². The molecule has 0 spiro atoms. The maximum atomic E-state index is 5.92. The Balaban J connectivity index is 2.20. The van der Waals surface area contributed by atoms with Crippen molar-refractivity contribution < 1.29 is 4.74 Å². The van der Waals surface area contributed by atoms with E-state index in [0.717, 1.165) is 35.1 Å². The first-order valence-corrected chi connectivity index (χ1v) is 7.16. The van der Waals surface area contributed by atoms with Crippen LogP contribution >= 0.6 is 0 Å². The summed E-state index contributed by atoms with van der Waals surface area (Å²) in [5, 5.41) is 3.28. The molecule has 5 nitrogen and oxygen atoms in total. The van der Waals surface area contributed by atoms with Crippen molar-refractivity contribution in [2.45, 2.75) is 40.2 Å². The number of nitrogens with two attached hydrogens (primary N) is 1. The molecule has 0 fully saturated rings. The third-order valence-corrected chi connectivity index (χ3v) is 3.03. The Bertz CT molecular complexity index is 608. The fraction of sp³-hybridized carbons (Fsp3) is 0.375. The standard InChI is InChI=1S/C16H22N4O/c1-5-14-19-15(17)11(4)16(20-14)18-12-6-8-13(9-7-12)21-10(2)3/h6-10H,5H2,1-4H3,(H3,17,18,19,20). The molecule has 0 aliphatic heterocycles. The highest BCUT2D eigenvalue weighted by Gasteiger charge is 2.08. The molecule has 21 heavy (non-hydrogen) atoms. The lowest BCUT2D eigenvalue weighted by atomic mass is 10.2. The maximum Gasteiger partial charge on any atom is 0.139 e. The second-order valence-corrected chi connectivity index (χ2v) is 5.17. The SMILES string of the molecule is CCc1nc(N)c(C)c(Nc2ccc(OC(C)C)cc2)n1. The molecule has 0 amide bonds. The van der Waals surface area contributed by atoms with Gasteiger partial charge in [0.25, 0.3) is 0 Å². The molecule has 2 aromatic rings. The summed E-state index contributed by atoms with van der Waals surface area (Å²) in [7, 11) is 0. The van der Waals surface area contributed by atoms with E-state index in [9.17, 15) is 0 Å². The number of aryl methyl sites for hydroxylation is 1. The first-order valence-electron chi connectivity index (χ1n) is 7.16. The molecule has 112 valence electrons. The van der Waals surface area contributed by atoms with Crippen molar-refractivity contribution >= 4 is 17.3 Å². The fourth-order valence-electron chi connectivity index (χ4n) is 1.89. The molecule has 3 N–H and O–H groups in total. The molecule has 0 bridgehead atoms. The van der Waals surface area contributed by atoms with Crippen molar-refractivity contribution in [3.63, 3.8) is 0 Å². The lowest BCUT2D eigenvalue weighted by molar-refractivity contribution is 0.242. The monoisotopic (exact) mass is 286 g/mol. The topological polar surface area (TPSA) is 73.1 Å². The fourth-order valence-corrected chi connectivity index (χ4v) is 1.89. The highest BCUT2D eigenvalue weighted by molar-refractivity contribution is 5.64. The quantitative estimate of drug-likeness (QED) is 0.880. The number of nitrogens with one attached hydrogen (secondary N) is 1. The van der Waals surface area contributed by atoms with Crippen LogP contribution in [0.25, 0.3) is 0 Å². The van der Waals surface area contributed by atoms with Crippen molar-refractivity contribution in [3.8, 4) is 5.75 Å². The molecule has 2 rings (SSSR count). The van der Waals surface area contributed by atoms with Crippen molar-refractivity contribution in [2.24, 2.45) is 0 Å². The second-order valence-electron chi connectivity index (χ2n) is 5.17. The molecule has 0 atom stereocenters. The molecule has 0 aliphatic rings. The molecule has 1 aromatic carbocycles. The van der Waals surface area contributed by atoms with Gasteiger partial charge in [0, 0.05) is 17.7 Å². The number of nitrogens with zero attached hydrogens (tertiary/aromatic N) is 2. The van der Waals surface area contributed by atoms with Crippen LogP contribution in [-0.4, -0.2) is 16.1 Å². The molecule has 0 unspecified atom stereocenters. The zero-order valence-electron chi connectivity index (χ0n) is 13.0. The van der Waals surface area contributed by atoms with E-state index in [0.29, 0.717) is 5.82 Å². The minimum absolute atomic E-state index is 0.167. The van der Waals surface area contributed by atoms with Crippen LogP contribution in [0.5, 0.6) is 5.75 Å². The van der Waals surface area contributed by atoms with Gasteiger partial charge in [0.15, 0.2) is 0 Å². The van der Waals surface area contributed by atoms with E-state index in [2.05, 4.69) is 15.3 Å². The van der Waals surface area contributed by atoms with E-state index < -0.39 is 0 Å². The Kier molecular flexibility index (Phi) is 4.62. The van der Waals surface area contributed by atoms with E-state index in [4.69, 9.17) is 10.5 Å². The molecule has 0 aliphatic carbocycles. The van der Waals surface area contributed by atoms with Crippen LogP contribution in [-0.2, 0) is 6.42 Å². The number of ether oxygens (including phenoxy) is 1. The maximum absolute atomic E-state index is 5.92. The first-order chi connectivity index (χ1) is 9.99. The van der Waals surface area contributed by atoms with Crippen LogP contribution in [0.2, 0.25) is 0 Å². The zero-order valence-corrected chi connectivity index (χ0v) is 13.0. The van der Waals surface area contributed by atoms with Gasteiger partial charge in [-0.1, -0.05) is 6.92 Å². The van der Waals surface area contributed by atoms with Gasteiger partial charge >= 0.3 is 0 Å². The van der Waals surface area contributed by atoms with Crippen molar-refractivity contribution in [1.29, 1.82) is 0 Å². The first kappa shape index (κ1) is 15.1. The number of nitrogen functional groups attached to an aromatic ring is 1. The largest absolute Gasteiger partial charge is 0.491 e. The number of hydrogen-bond acceptors (Lipinski definition) is 5. The molecular formula is C16H22N4O. The van der Waals surface area contributed by atoms with Gasteiger partial charge in [-0.05, 0) is 45.0 Å². The number of benzene rings is 1. The summed E-state index contributed by atoms with van der Waals surface area (Å²) in [5.41, 5.74) is 7.71. The Morgan fingerprint density at radius 1 is 1.19 bits per heavy atom. The number of hydrogen-bond donors (Lipinski definition) is 2. The van der Waals surface area contributed by atoms with E-state index in [1.165, 1.54) is 0 Å². The van der Waals surface area contributed by atoms with Crippen molar-refractivity contribution in [2.75, 3.05) is 11.1 Å². The van der Waals surface area contributed by atoms with E-state index in [-0.39, 0.29) is 6.10 Å². The van der Waals surface area contributed by atoms with Crippen LogP contribution in [0.15, 0.2) is 24.3 Å². The van der Waals surface area contributed by atoms with E-state index in [1.54, 1.807) is 0 Å². The number of rotatable bonds is 5. The summed E-state index contributed by atoms with van der Waals surface area (Å²) >= 11 is 0. The van der Waals surface area contributed by atoms with Gasteiger partial charge in [-0.15, -0.1) is 0 Å². The lowest BCUT2D eigenvalue weighted by Crippen LogP contribution is -2.07. The molecule has 0 radical (unpaired) electrons. The molecule has 0 saturated carbocycles. The molecule has 1 aromatic heterocycles. The van der Waals surface area contributed by atoms with Gasteiger partial charge < -0.3 is 15.8 Å². The van der Waals surface area contributed by atoms with Gasteiger partial charge in [0.05, 0.1) is 6.10 Å². The molecular weight excluding hydrogens is 264 g/mol. The zero-order chi connectivity index (χ0) is 15.4. The Hall–Kier alpha value is -2.30. The van der Waals surface area contributed by atoms with Crippen molar-refractivity contribution in [3.05, 3.63) is 35.7 Å². The van der Waals surface area contributed by atoms with Crippen LogP contribution in [0.3, 0.4) is 0 Å². The summed E-state index contributed by atoms with van der Waals surface area (Å²) in [6.07, 6.45) is 0.917. The van der Waals surface area contributed by atoms with Crippen LogP contribution in [0, 0.1) is 6.92 Å². The predicted molar refractivity (Wildman–Crippen MR) is 86.0 cm³/mol. The summed E-state index contributed by atoms with van der Waals surface area (Å²) < 4.78 is 5.63. The highest BCUT2D eigenvalue weighted by atomic mass is 16.5. The van der Waals surface area contributed by atoms with E-state index >= 15 is 0 Å². The minimum Gasteiger partial charge on any atom is -0.491 e. The molecule has 1 heterocycles.